The largest absolute Gasteiger partial charge is 0.467 e. The summed E-state index contributed by atoms with van der Waals surface area (Å²) in [6, 6.07) is 7.81. The first-order valence-corrected chi connectivity index (χ1v) is 5.98. The fourth-order valence-corrected chi connectivity index (χ4v) is 2.30. The molecule has 1 atom stereocenters. The van der Waals surface area contributed by atoms with Gasteiger partial charge in [-0.05, 0) is 42.8 Å². The van der Waals surface area contributed by atoms with Crippen LogP contribution in [-0.4, -0.2) is 5.11 Å². The standard InChI is InChI=1S/C12H14O2S/c13-11(12-7-2-8-14-12)6-1-4-10-5-3-9-15-10/h2-3,5,7-9,11,13H,1,4,6H2. The van der Waals surface area contributed by atoms with E-state index < -0.39 is 6.10 Å². The van der Waals surface area contributed by atoms with Crippen molar-refractivity contribution in [1.29, 1.82) is 0 Å². The summed E-state index contributed by atoms with van der Waals surface area (Å²) in [7, 11) is 0. The minimum absolute atomic E-state index is 0.458. The molecule has 0 aliphatic rings. The van der Waals surface area contributed by atoms with Crippen LogP contribution in [0.15, 0.2) is 40.3 Å². The Morgan fingerprint density at radius 2 is 2.27 bits per heavy atom. The minimum Gasteiger partial charge on any atom is -0.467 e. The second-order valence-electron chi connectivity index (χ2n) is 3.50. The Morgan fingerprint density at radius 3 is 2.93 bits per heavy atom. The van der Waals surface area contributed by atoms with E-state index in [1.54, 1.807) is 23.7 Å². The maximum absolute atomic E-state index is 9.75. The van der Waals surface area contributed by atoms with Gasteiger partial charge in [0.25, 0.3) is 0 Å². The summed E-state index contributed by atoms with van der Waals surface area (Å²) in [5, 5.41) is 11.8. The highest BCUT2D eigenvalue weighted by atomic mass is 32.1. The highest BCUT2D eigenvalue weighted by Crippen LogP contribution is 2.20. The van der Waals surface area contributed by atoms with E-state index in [0.717, 1.165) is 19.3 Å². The maximum Gasteiger partial charge on any atom is 0.132 e. The summed E-state index contributed by atoms with van der Waals surface area (Å²) in [6.45, 7) is 0. The third kappa shape index (κ3) is 2.94. The second-order valence-corrected chi connectivity index (χ2v) is 4.54. The Morgan fingerprint density at radius 1 is 1.33 bits per heavy atom. The Balaban J connectivity index is 1.74. The van der Waals surface area contributed by atoms with Crippen molar-refractivity contribution in [3.8, 4) is 0 Å². The van der Waals surface area contributed by atoms with Gasteiger partial charge < -0.3 is 9.52 Å². The monoisotopic (exact) mass is 222 g/mol. The molecule has 0 aliphatic carbocycles. The predicted octanol–water partition coefficient (Wildman–Crippen LogP) is 3.40. The van der Waals surface area contributed by atoms with Crippen LogP contribution in [0.4, 0.5) is 0 Å². The van der Waals surface area contributed by atoms with Crippen LogP contribution < -0.4 is 0 Å². The van der Waals surface area contributed by atoms with Crippen molar-refractivity contribution in [2.75, 3.05) is 0 Å². The van der Waals surface area contributed by atoms with E-state index in [0.29, 0.717) is 5.76 Å². The van der Waals surface area contributed by atoms with Crippen molar-refractivity contribution in [2.45, 2.75) is 25.4 Å². The average Bonchev–Trinajstić information content (AvgIpc) is 2.90. The normalized spacial score (nSPS) is 12.9. The fraction of sp³-hybridized carbons (Fsp3) is 0.333. The number of furan rings is 1. The van der Waals surface area contributed by atoms with Crippen molar-refractivity contribution in [3.63, 3.8) is 0 Å². The van der Waals surface area contributed by atoms with Crippen LogP contribution in [0, 0.1) is 0 Å². The van der Waals surface area contributed by atoms with Crippen LogP contribution in [0.25, 0.3) is 0 Å². The number of hydrogen-bond donors (Lipinski definition) is 1. The lowest BCUT2D eigenvalue weighted by molar-refractivity contribution is 0.138. The average molecular weight is 222 g/mol. The lowest BCUT2D eigenvalue weighted by atomic mass is 10.1. The molecule has 2 aromatic heterocycles. The molecule has 1 N–H and O–H groups in total. The first-order chi connectivity index (χ1) is 7.36. The summed E-state index contributed by atoms with van der Waals surface area (Å²) >= 11 is 1.77. The molecule has 2 rings (SSSR count). The SMILES string of the molecule is OC(CCCc1cccs1)c1ccco1. The molecule has 0 saturated heterocycles. The molecule has 0 aromatic carbocycles. The molecule has 3 heteroatoms. The van der Waals surface area contributed by atoms with E-state index in [9.17, 15) is 5.11 Å². The third-order valence-corrected chi connectivity index (χ3v) is 3.29. The van der Waals surface area contributed by atoms with Crippen LogP contribution in [0.1, 0.15) is 29.6 Å². The molecule has 15 heavy (non-hydrogen) atoms. The molecule has 2 aromatic rings. The highest BCUT2D eigenvalue weighted by Gasteiger charge is 2.09. The molecule has 0 amide bonds. The quantitative estimate of drug-likeness (QED) is 0.841. The second kappa shape index (κ2) is 5.14. The van der Waals surface area contributed by atoms with E-state index >= 15 is 0 Å². The summed E-state index contributed by atoms with van der Waals surface area (Å²) in [4.78, 5) is 1.38. The first kappa shape index (κ1) is 10.5. The van der Waals surface area contributed by atoms with Crippen LogP contribution >= 0.6 is 11.3 Å². The topological polar surface area (TPSA) is 33.4 Å². The van der Waals surface area contributed by atoms with E-state index in [4.69, 9.17) is 4.42 Å². The summed E-state index contributed by atoms with van der Waals surface area (Å²) in [5.74, 6) is 0.668. The smallest absolute Gasteiger partial charge is 0.132 e. The lowest BCUT2D eigenvalue weighted by Crippen LogP contribution is -1.96. The predicted molar refractivity (Wildman–Crippen MR) is 60.9 cm³/mol. The minimum atomic E-state index is -0.458. The Kier molecular flexibility index (Phi) is 3.59. The van der Waals surface area contributed by atoms with E-state index in [2.05, 4.69) is 17.5 Å². The zero-order valence-electron chi connectivity index (χ0n) is 8.43. The number of rotatable bonds is 5. The Labute approximate surface area is 93.2 Å². The Bertz CT molecular complexity index is 364. The number of aliphatic hydroxyl groups is 1. The molecule has 80 valence electrons. The first-order valence-electron chi connectivity index (χ1n) is 5.10. The van der Waals surface area contributed by atoms with Gasteiger partial charge in [-0.3, -0.25) is 0 Å². The van der Waals surface area contributed by atoms with Gasteiger partial charge in [0.2, 0.25) is 0 Å². The van der Waals surface area contributed by atoms with Gasteiger partial charge in [0, 0.05) is 4.88 Å². The molecule has 2 heterocycles. The van der Waals surface area contributed by atoms with Gasteiger partial charge in [-0.1, -0.05) is 6.07 Å². The van der Waals surface area contributed by atoms with Gasteiger partial charge in [0.05, 0.1) is 6.26 Å². The number of thiophene rings is 1. The van der Waals surface area contributed by atoms with Crippen molar-refractivity contribution < 1.29 is 9.52 Å². The molecule has 0 fully saturated rings. The van der Waals surface area contributed by atoms with Crippen LogP contribution in [0.2, 0.25) is 0 Å². The molecule has 0 spiro atoms. The van der Waals surface area contributed by atoms with Gasteiger partial charge in [0.1, 0.15) is 11.9 Å². The van der Waals surface area contributed by atoms with Crippen LogP contribution in [-0.2, 0) is 6.42 Å². The molecular weight excluding hydrogens is 208 g/mol. The number of aliphatic hydroxyl groups excluding tert-OH is 1. The van der Waals surface area contributed by atoms with Crippen molar-refractivity contribution in [2.24, 2.45) is 0 Å². The van der Waals surface area contributed by atoms with Crippen molar-refractivity contribution >= 4 is 11.3 Å². The molecule has 0 aliphatic heterocycles. The van der Waals surface area contributed by atoms with E-state index in [-0.39, 0.29) is 0 Å². The van der Waals surface area contributed by atoms with E-state index in [1.165, 1.54) is 4.88 Å². The third-order valence-electron chi connectivity index (χ3n) is 2.35. The summed E-state index contributed by atoms with van der Waals surface area (Å²) < 4.78 is 5.14. The Hall–Kier alpha value is -1.06. The molecule has 0 bridgehead atoms. The van der Waals surface area contributed by atoms with Crippen LogP contribution in [0.3, 0.4) is 0 Å². The fourth-order valence-electron chi connectivity index (χ4n) is 1.55. The molecule has 1 unspecified atom stereocenters. The molecule has 2 nitrogen and oxygen atoms in total. The van der Waals surface area contributed by atoms with Crippen molar-refractivity contribution in [3.05, 3.63) is 46.5 Å². The zero-order chi connectivity index (χ0) is 10.5. The van der Waals surface area contributed by atoms with Gasteiger partial charge in [-0.2, -0.15) is 0 Å². The summed E-state index contributed by atoms with van der Waals surface area (Å²) in [5.41, 5.74) is 0. The molecular formula is C12H14O2S. The van der Waals surface area contributed by atoms with Gasteiger partial charge >= 0.3 is 0 Å². The van der Waals surface area contributed by atoms with Gasteiger partial charge in [0.15, 0.2) is 0 Å². The number of hydrogen-bond acceptors (Lipinski definition) is 3. The van der Waals surface area contributed by atoms with E-state index in [1.807, 2.05) is 6.07 Å². The molecule has 0 saturated carbocycles. The van der Waals surface area contributed by atoms with Gasteiger partial charge in [-0.15, -0.1) is 11.3 Å². The molecule has 0 radical (unpaired) electrons. The summed E-state index contributed by atoms with van der Waals surface area (Å²) in [6.07, 6.45) is 3.92. The van der Waals surface area contributed by atoms with Gasteiger partial charge in [-0.25, -0.2) is 0 Å². The zero-order valence-corrected chi connectivity index (χ0v) is 9.24. The van der Waals surface area contributed by atoms with Crippen LogP contribution in [0.5, 0.6) is 0 Å². The highest BCUT2D eigenvalue weighted by molar-refractivity contribution is 7.09. The lowest BCUT2D eigenvalue weighted by Gasteiger charge is -2.06. The van der Waals surface area contributed by atoms with Crippen molar-refractivity contribution in [1.82, 2.24) is 0 Å². The number of aryl methyl sites for hydroxylation is 1. The maximum atomic E-state index is 9.75.